The van der Waals surface area contributed by atoms with Crippen molar-refractivity contribution in [2.24, 2.45) is 0 Å². The van der Waals surface area contributed by atoms with Gasteiger partial charge < -0.3 is 5.32 Å². The number of amides is 3. The number of nitrogens with one attached hydrogen (secondary N) is 2. The smallest absolute Gasteiger partial charge is 0.321 e. The van der Waals surface area contributed by atoms with Crippen molar-refractivity contribution in [3.63, 3.8) is 0 Å². The Morgan fingerprint density at radius 2 is 2.05 bits per heavy atom. The Kier molecular flexibility index (Phi) is 5.16. The summed E-state index contributed by atoms with van der Waals surface area (Å²) in [7, 11) is 1.43. The number of para-hydroxylation sites is 1. The van der Waals surface area contributed by atoms with Gasteiger partial charge in [-0.3, -0.25) is 19.5 Å². The van der Waals surface area contributed by atoms with Gasteiger partial charge >= 0.3 is 6.03 Å². The van der Waals surface area contributed by atoms with Gasteiger partial charge in [-0.05, 0) is 19.1 Å². The van der Waals surface area contributed by atoms with Crippen molar-refractivity contribution < 1.29 is 9.59 Å². The van der Waals surface area contributed by atoms with E-state index in [0.717, 1.165) is 11.8 Å². The second-order valence-electron chi connectivity index (χ2n) is 4.38. The molecule has 0 fully saturated rings. The summed E-state index contributed by atoms with van der Waals surface area (Å²) < 4.78 is 1.51. The number of nitrogens with zero attached hydrogens (tertiary/aromatic N) is 2. The number of benzene rings is 1. The summed E-state index contributed by atoms with van der Waals surface area (Å²) in [4.78, 5) is 39.5. The van der Waals surface area contributed by atoms with Gasteiger partial charge in [0.25, 0.3) is 5.56 Å². The van der Waals surface area contributed by atoms with Gasteiger partial charge in [0, 0.05) is 13.6 Å². The molecule has 0 aliphatic rings. The summed E-state index contributed by atoms with van der Waals surface area (Å²) in [5.41, 5.74) is 0.453. The SMILES string of the molecule is CCn1c(SCC(=O)NC(=O)NC)nc2ccccc2c1=O. The van der Waals surface area contributed by atoms with Crippen LogP contribution in [-0.4, -0.2) is 34.3 Å². The molecule has 2 aromatic rings. The molecule has 8 heteroatoms. The standard InChI is InChI=1S/C14H16N4O3S/c1-3-18-12(20)9-6-4-5-7-10(9)16-14(18)22-8-11(19)17-13(21)15-2/h4-7H,3,8H2,1-2H3,(H2,15,17,19,21). The molecular formula is C14H16N4O3S. The lowest BCUT2D eigenvalue weighted by Gasteiger charge is -2.10. The molecule has 0 bridgehead atoms. The summed E-state index contributed by atoms with van der Waals surface area (Å²) in [6.45, 7) is 2.29. The number of hydrogen-bond acceptors (Lipinski definition) is 5. The van der Waals surface area contributed by atoms with E-state index in [4.69, 9.17) is 0 Å². The Bertz CT molecular complexity index is 772. The number of carbonyl (C=O) groups excluding carboxylic acids is 2. The first-order valence-corrected chi connectivity index (χ1v) is 7.69. The molecule has 0 aliphatic carbocycles. The van der Waals surface area contributed by atoms with Crippen molar-refractivity contribution in [2.45, 2.75) is 18.6 Å². The third-order valence-corrected chi connectivity index (χ3v) is 3.93. The van der Waals surface area contributed by atoms with E-state index < -0.39 is 11.9 Å². The van der Waals surface area contributed by atoms with E-state index >= 15 is 0 Å². The molecule has 2 rings (SSSR count). The predicted molar refractivity (Wildman–Crippen MR) is 85.0 cm³/mol. The molecule has 22 heavy (non-hydrogen) atoms. The molecule has 7 nitrogen and oxygen atoms in total. The Morgan fingerprint density at radius 1 is 1.32 bits per heavy atom. The molecule has 0 unspecified atom stereocenters. The molecule has 0 saturated carbocycles. The van der Waals surface area contributed by atoms with Crippen LogP contribution in [0.1, 0.15) is 6.92 Å². The van der Waals surface area contributed by atoms with Crippen molar-refractivity contribution in [1.82, 2.24) is 20.2 Å². The minimum absolute atomic E-state index is 0.00179. The molecule has 0 saturated heterocycles. The molecule has 0 spiro atoms. The molecule has 1 heterocycles. The summed E-state index contributed by atoms with van der Waals surface area (Å²) in [6, 6.07) is 6.51. The van der Waals surface area contributed by atoms with E-state index in [2.05, 4.69) is 15.6 Å². The third kappa shape index (κ3) is 3.45. The maximum atomic E-state index is 12.4. The van der Waals surface area contributed by atoms with Crippen molar-refractivity contribution in [3.8, 4) is 0 Å². The highest BCUT2D eigenvalue weighted by molar-refractivity contribution is 7.99. The van der Waals surface area contributed by atoms with Crippen LogP contribution in [0.15, 0.2) is 34.2 Å². The lowest BCUT2D eigenvalue weighted by Crippen LogP contribution is -2.38. The normalized spacial score (nSPS) is 10.5. The van der Waals surface area contributed by atoms with Crippen LogP contribution < -0.4 is 16.2 Å². The zero-order chi connectivity index (χ0) is 16.1. The van der Waals surface area contributed by atoms with Crippen molar-refractivity contribution in [3.05, 3.63) is 34.6 Å². The highest BCUT2D eigenvalue weighted by Gasteiger charge is 2.13. The summed E-state index contributed by atoms with van der Waals surface area (Å²) in [5.74, 6) is -0.451. The number of fused-ring (bicyclic) bond motifs is 1. The highest BCUT2D eigenvalue weighted by Crippen LogP contribution is 2.17. The van der Waals surface area contributed by atoms with Crippen LogP contribution in [-0.2, 0) is 11.3 Å². The van der Waals surface area contributed by atoms with E-state index in [1.165, 1.54) is 11.6 Å². The van der Waals surface area contributed by atoms with E-state index in [1.807, 2.05) is 6.92 Å². The first kappa shape index (κ1) is 16.0. The van der Waals surface area contributed by atoms with E-state index in [0.29, 0.717) is 22.6 Å². The van der Waals surface area contributed by atoms with Gasteiger partial charge in [0.2, 0.25) is 5.91 Å². The number of thioether (sulfide) groups is 1. The van der Waals surface area contributed by atoms with Crippen LogP contribution in [0.25, 0.3) is 10.9 Å². The van der Waals surface area contributed by atoms with Crippen LogP contribution >= 0.6 is 11.8 Å². The second-order valence-corrected chi connectivity index (χ2v) is 5.32. The predicted octanol–water partition coefficient (Wildman–Crippen LogP) is 0.964. The van der Waals surface area contributed by atoms with Crippen LogP contribution in [0, 0.1) is 0 Å². The number of rotatable bonds is 4. The quantitative estimate of drug-likeness (QED) is 0.646. The van der Waals surface area contributed by atoms with Gasteiger partial charge in [-0.2, -0.15) is 0 Å². The lowest BCUT2D eigenvalue weighted by atomic mass is 10.2. The molecule has 3 amide bonds. The van der Waals surface area contributed by atoms with Crippen LogP contribution in [0.5, 0.6) is 0 Å². The van der Waals surface area contributed by atoms with Crippen molar-refractivity contribution >= 4 is 34.6 Å². The van der Waals surface area contributed by atoms with Gasteiger partial charge in [0.1, 0.15) is 0 Å². The van der Waals surface area contributed by atoms with E-state index in [1.54, 1.807) is 24.3 Å². The largest absolute Gasteiger partial charge is 0.341 e. The van der Waals surface area contributed by atoms with Gasteiger partial charge in [0.15, 0.2) is 5.16 Å². The lowest BCUT2D eigenvalue weighted by molar-refractivity contribution is -0.117. The van der Waals surface area contributed by atoms with Gasteiger partial charge in [-0.25, -0.2) is 9.78 Å². The minimum atomic E-state index is -0.565. The third-order valence-electron chi connectivity index (χ3n) is 2.96. The Hall–Kier alpha value is -2.35. The average Bonchev–Trinajstić information content (AvgIpc) is 2.53. The first-order valence-electron chi connectivity index (χ1n) is 6.70. The number of carbonyl (C=O) groups is 2. The fraction of sp³-hybridized carbons (Fsp3) is 0.286. The summed E-state index contributed by atoms with van der Waals surface area (Å²) in [6.07, 6.45) is 0. The fourth-order valence-corrected chi connectivity index (χ4v) is 2.76. The molecule has 2 N–H and O–H groups in total. The molecule has 0 atom stereocenters. The zero-order valence-corrected chi connectivity index (χ0v) is 13.1. The Labute approximate surface area is 131 Å². The average molecular weight is 320 g/mol. The van der Waals surface area contributed by atoms with Crippen molar-refractivity contribution in [2.75, 3.05) is 12.8 Å². The van der Waals surface area contributed by atoms with Crippen molar-refractivity contribution in [1.29, 1.82) is 0 Å². The number of urea groups is 1. The molecule has 0 aliphatic heterocycles. The summed E-state index contributed by atoms with van der Waals surface area (Å²) >= 11 is 1.12. The monoisotopic (exact) mass is 320 g/mol. The van der Waals surface area contributed by atoms with Gasteiger partial charge in [-0.1, -0.05) is 23.9 Å². The molecule has 1 aromatic carbocycles. The van der Waals surface area contributed by atoms with E-state index in [9.17, 15) is 14.4 Å². The first-order chi connectivity index (χ1) is 10.6. The zero-order valence-electron chi connectivity index (χ0n) is 12.3. The second kappa shape index (κ2) is 7.08. The highest BCUT2D eigenvalue weighted by atomic mass is 32.2. The molecular weight excluding hydrogens is 304 g/mol. The number of hydrogen-bond donors (Lipinski definition) is 2. The maximum Gasteiger partial charge on any atom is 0.321 e. The molecule has 0 radical (unpaired) electrons. The summed E-state index contributed by atoms with van der Waals surface area (Å²) in [5, 5.41) is 5.46. The van der Waals surface area contributed by atoms with Gasteiger partial charge in [-0.15, -0.1) is 0 Å². The van der Waals surface area contributed by atoms with Crippen LogP contribution in [0.2, 0.25) is 0 Å². The number of imide groups is 1. The Morgan fingerprint density at radius 3 is 2.73 bits per heavy atom. The minimum Gasteiger partial charge on any atom is -0.341 e. The fourth-order valence-electron chi connectivity index (χ4n) is 1.89. The maximum absolute atomic E-state index is 12.4. The Balaban J connectivity index is 2.25. The van der Waals surface area contributed by atoms with Crippen LogP contribution in [0.4, 0.5) is 4.79 Å². The molecule has 1 aromatic heterocycles. The topological polar surface area (TPSA) is 93.1 Å². The van der Waals surface area contributed by atoms with Crippen LogP contribution in [0.3, 0.4) is 0 Å². The molecule has 116 valence electrons. The number of aromatic nitrogens is 2. The van der Waals surface area contributed by atoms with E-state index in [-0.39, 0.29) is 11.3 Å². The van der Waals surface area contributed by atoms with Gasteiger partial charge in [0.05, 0.1) is 16.7 Å².